The topological polar surface area (TPSA) is 9.23 Å². The molecule has 0 aromatic heterocycles. The van der Waals surface area contributed by atoms with Crippen LogP contribution in [0.25, 0.3) is 0 Å². The molecule has 0 aromatic rings. The van der Waals surface area contributed by atoms with Gasteiger partial charge in [0.2, 0.25) is 0 Å². The van der Waals surface area contributed by atoms with Crippen molar-refractivity contribution in [1.82, 2.24) is 0 Å². The Morgan fingerprint density at radius 2 is 2.00 bits per heavy atom. The fraction of sp³-hybridized carbons (Fsp3) is 1.00. The second-order valence-corrected chi connectivity index (χ2v) is 3.28. The molecule has 9 heavy (non-hydrogen) atoms. The summed E-state index contributed by atoms with van der Waals surface area (Å²) in [5, 5.41) is 0.949. The molecule has 0 saturated heterocycles. The average molecular weight is 195 g/mol. The third-order valence-electron chi connectivity index (χ3n) is 1.06. The van der Waals surface area contributed by atoms with Gasteiger partial charge in [0.05, 0.1) is 6.61 Å². The average Bonchev–Trinajstić information content (AvgIpc) is 1.80. The highest BCUT2D eigenvalue weighted by molar-refractivity contribution is 9.09. The van der Waals surface area contributed by atoms with Crippen LogP contribution < -0.4 is 0 Å². The highest BCUT2D eigenvalue weighted by atomic mass is 79.9. The molecular weight excluding hydrogens is 180 g/mol. The van der Waals surface area contributed by atoms with Gasteiger partial charge in [0, 0.05) is 11.9 Å². The monoisotopic (exact) mass is 194 g/mol. The first kappa shape index (κ1) is 9.44. The van der Waals surface area contributed by atoms with E-state index in [4.69, 9.17) is 4.74 Å². The van der Waals surface area contributed by atoms with Gasteiger partial charge in [0.1, 0.15) is 0 Å². The lowest BCUT2D eigenvalue weighted by atomic mass is 10.1. The van der Waals surface area contributed by atoms with Crippen molar-refractivity contribution in [2.75, 3.05) is 18.5 Å². The summed E-state index contributed by atoms with van der Waals surface area (Å²) < 4.78 is 5.25. The summed E-state index contributed by atoms with van der Waals surface area (Å²) >= 11 is 3.29. The van der Waals surface area contributed by atoms with Crippen molar-refractivity contribution in [3.63, 3.8) is 0 Å². The molecule has 0 aliphatic carbocycles. The van der Waals surface area contributed by atoms with Gasteiger partial charge < -0.3 is 4.74 Å². The van der Waals surface area contributed by atoms with E-state index in [0.717, 1.165) is 24.5 Å². The first-order valence-corrected chi connectivity index (χ1v) is 4.53. The molecule has 56 valence electrons. The Labute approximate surface area is 65.9 Å². The molecule has 0 aromatic carbocycles. The van der Waals surface area contributed by atoms with Gasteiger partial charge in [-0.25, -0.2) is 0 Å². The van der Waals surface area contributed by atoms with Crippen LogP contribution in [0.5, 0.6) is 0 Å². The normalized spacial score (nSPS) is 10.7. The maximum Gasteiger partial charge on any atom is 0.0563 e. The molecule has 0 N–H and O–H groups in total. The molecule has 0 rings (SSSR count). The Hall–Kier alpha value is 0.440. The number of hydrogen-bond donors (Lipinski definition) is 0. The van der Waals surface area contributed by atoms with E-state index < -0.39 is 0 Å². The molecule has 0 bridgehead atoms. The van der Waals surface area contributed by atoms with Crippen LogP contribution in [0.2, 0.25) is 0 Å². The second kappa shape index (κ2) is 6.56. The molecule has 0 fully saturated rings. The Morgan fingerprint density at radius 1 is 1.33 bits per heavy atom. The molecule has 0 spiro atoms. The Bertz CT molecular complexity index is 54.9. The van der Waals surface area contributed by atoms with Crippen LogP contribution in [0.4, 0.5) is 0 Å². The SMILES string of the molecule is CC(C)CCOCCBr. The minimum Gasteiger partial charge on any atom is -0.381 e. The highest BCUT2D eigenvalue weighted by Crippen LogP contribution is 1.98. The van der Waals surface area contributed by atoms with E-state index in [9.17, 15) is 0 Å². The van der Waals surface area contributed by atoms with E-state index in [1.807, 2.05) is 0 Å². The summed E-state index contributed by atoms with van der Waals surface area (Å²) in [7, 11) is 0. The van der Waals surface area contributed by atoms with Gasteiger partial charge in [0.15, 0.2) is 0 Å². The molecule has 0 radical (unpaired) electrons. The molecule has 0 aliphatic heterocycles. The first-order valence-electron chi connectivity index (χ1n) is 3.41. The zero-order valence-corrected chi connectivity index (χ0v) is 7.78. The molecule has 2 heteroatoms. The van der Waals surface area contributed by atoms with Crippen LogP contribution in [-0.2, 0) is 4.74 Å². The number of hydrogen-bond acceptors (Lipinski definition) is 1. The fourth-order valence-corrected chi connectivity index (χ4v) is 0.705. The van der Waals surface area contributed by atoms with Gasteiger partial charge in [-0.3, -0.25) is 0 Å². The lowest BCUT2D eigenvalue weighted by Gasteiger charge is -2.03. The number of rotatable bonds is 5. The van der Waals surface area contributed by atoms with Crippen LogP contribution >= 0.6 is 15.9 Å². The number of alkyl halides is 1. The molecule has 1 nitrogen and oxygen atoms in total. The largest absolute Gasteiger partial charge is 0.381 e. The molecule has 0 heterocycles. The van der Waals surface area contributed by atoms with Crippen molar-refractivity contribution >= 4 is 15.9 Å². The minimum absolute atomic E-state index is 0.764. The number of halogens is 1. The molecular formula is C7H15BrO. The Morgan fingerprint density at radius 3 is 2.44 bits per heavy atom. The summed E-state index contributed by atoms with van der Waals surface area (Å²) in [6.45, 7) is 6.16. The molecule has 0 aliphatic rings. The van der Waals surface area contributed by atoms with Crippen LogP contribution in [0.1, 0.15) is 20.3 Å². The molecule has 0 amide bonds. The molecule has 0 saturated carbocycles. The van der Waals surface area contributed by atoms with Crippen LogP contribution in [0.15, 0.2) is 0 Å². The highest BCUT2D eigenvalue weighted by Gasteiger charge is 1.91. The fourth-order valence-electron chi connectivity index (χ4n) is 0.476. The van der Waals surface area contributed by atoms with Gasteiger partial charge in [-0.2, -0.15) is 0 Å². The number of ether oxygens (including phenoxy) is 1. The van der Waals surface area contributed by atoms with Crippen LogP contribution in [0.3, 0.4) is 0 Å². The van der Waals surface area contributed by atoms with Crippen LogP contribution in [0, 0.1) is 5.92 Å². The Balaban J connectivity index is 2.75. The predicted octanol–water partition coefficient (Wildman–Crippen LogP) is 2.44. The van der Waals surface area contributed by atoms with E-state index in [2.05, 4.69) is 29.8 Å². The van der Waals surface area contributed by atoms with E-state index in [-0.39, 0.29) is 0 Å². The first-order chi connectivity index (χ1) is 4.27. The zero-order chi connectivity index (χ0) is 7.11. The molecule has 0 unspecified atom stereocenters. The predicted molar refractivity (Wildman–Crippen MR) is 44.1 cm³/mol. The van der Waals surface area contributed by atoms with Gasteiger partial charge in [-0.05, 0) is 12.3 Å². The van der Waals surface area contributed by atoms with Gasteiger partial charge in [-0.1, -0.05) is 29.8 Å². The van der Waals surface area contributed by atoms with Gasteiger partial charge in [-0.15, -0.1) is 0 Å². The van der Waals surface area contributed by atoms with Gasteiger partial charge in [0.25, 0.3) is 0 Å². The maximum absolute atomic E-state index is 5.25. The van der Waals surface area contributed by atoms with Crippen molar-refractivity contribution in [2.24, 2.45) is 5.92 Å². The smallest absolute Gasteiger partial charge is 0.0563 e. The summed E-state index contributed by atoms with van der Waals surface area (Å²) in [6, 6.07) is 0. The summed E-state index contributed by atoms with van der Waals surface area (Å²) in [5.41, 5.74) is 0. The lowest BCUT2D eigenvalue weighted by Crippen LogP contribution is -2.00. The standard InChI is InChI=1S/C7H15BrO/c1-7(2)3-5-9-6-4-8/h7H,3-6H2,1-2H3. The van der Waals surface area contributed by atoms with E-state index >= 15 is 0 Å². The summed E-state index contributed by atoms with van der Waals surface area (Å²) in [4.78, 5) is 0. The van der Waals surface area contributed by atoms with Gasteiger partial charge >= 0.3 is 0 Å². The van der Waals surface area contributed by atoms with Crippen molar-refractivity contribution in [3.8, 4) is 0 Å². The quantitative estimate of drug-likeness (QED) is 0.483. The summed E-state index contributed by atoms with van der Waals surface area (Å²) in [6.07, 6.45) is 1.17. The third kappa shape index (κ3) is 8.44. The lowest BCUT2D eigenvalue weighted by molar-refractivity contribution is 0.139. The maximum atomic E-state index is 5.25. The van der Waals surface area contributed by atoms with Crippen LogP contribution in [-0.4, -0.2) is 18.5 Å². The van der Waals surface area contributed by atoms with Crippen molar-refractivity contribution in [1.29, 1.82) is 0 Å². The van der Waals surface area contributed by atoms with Crippen molar-refractivity contribution in [2.45, 2.75) is 20.3 Å². The van der Waals surface area contributed by atoms with Crippen molar-refractivity contribution < 1.29 is 4.74 Å². The summed E-state index contributed by atoms with van der Waals surface area (Å²) in [5.74, 6) is 0.764. The van der Waals surface area contributed by atoms with E-state index in [0.29, 0.717) is 0 Å². The van der Waals surface area contributed by atoms with Crippen molar-refractivity contribution in [3.05, 3.63) is 0 Å². The third-order valence-corrected chi connectivity index (χ3v) is 1.38. The Kier molecular flexibility index (Phi) is 6.88. The van der Waals surface area contributed by atoms with E-state index in [1.165, 1.54) is 6.42 Å². The molecule has 0 atom stereocenters. The zero-order valence-electron chi connectivity index (χ0n) is 6.19. The second-order valence-electron chi connectivity index (χ2n) is 2.48. The minimum atomic E-state index is 0.764. The van der Waals surface area contributed by atoms with E-state index in [1.54, 1.807) is 0 Å².